The maximum absolute atomic E-state index is 12.3. The van der Waals surface area contributed by atoms with Crippen molar-refractivity contribution in [3.05, 3.63) is 46.4 Å². The summed E-state index contributed by atoms with van der Waals surface area (Å²) in [6.07, 6.45) is 4.01. The van der Waals surface area contributed by atoms with Gasteiger partial charge in [0.25, 0.3) is 5.56 Å². The van der Waals surface area contributed by atoms with Crippen LogP contribution in [-0.2, 0) is 0 Å². The summed E-state index contributed by atoms with van der Waals surface area (Å²) in [6, 6.07) is 8.01. The van der Waals surface area contributed by atoms with Gasteiger partial charge < -0.3 is 4.90 Å². The Hall–Kier alpha value is -2.63. The summed E-state index contributed by atoms with van der Waals surface area (Å²) in [6.45, 7) is 3.91. The number of hydrogen-bond acceptors (Lipinski definition) is 4. The summed E-state index contributed by atoms with van der Waals surface area (Å²) in [5.41, 5.74) is 2.47. The van der Waals surface area contributed by atoms with E-state index in [0.717, 1.165) is 31.6 Å². The highest BCUT2D eigenvalue weighted by Crippen LogP contribution is 2.17. The molecule has 22 heavy (non-hydrogen) atoms. The Balaban J connectivity index is 1.81. The number of rotatable bonds is 2. The largest absolute Gasteiger partial charge is 0.342 e. The second-order valence-corrected chi connectivity index (χ2v) is 5.73. The number of nitrogens with one attached hydrogen (secondary N) is 1. The van der Waals surface area contributed by atoms with E-state index in [4.69, 9.17) is 0 Å². The van der Waals surface area contributed by atoms with Crippen molar-refractivity contribution in [1.29, 1.82) is 0 Å². The van der Waals surface area contributed by atoms with E-state index >= 15 is 0 Å². The first kappa shape index (κ1) is 13.1. The molecule has 0 spiro atoms. The van der Waals surface area contributed by atoms with Crippen molar-refractivity contribution >= 4 is 17.0 Å². The number of hydrogen-bond donors (Lipinski definition) is 1. The molecule has 1 saturated heterocycles. The summed E-state index contributed by atoms with van der Waals surface area (Å²) in [4.78, 5) is 21.8. The molecule has 1 fully saturated rings. The third-order valence-electron chi connectivity index (χ3n) is 4.08. The molecule has 3 heterocycles. The summed E-state index contributed by atoms with van der Waals surface area (Å²) in [5.74, 6) is 0.629. The Morgan fingerprint density at radius 2 is 1.86 bits per heavy atom. The van der Waals surface area contributed by atoms with Crippen molar-refractivity contribution in [2.45, 2.75) is 19.8 Å². The number of fused-ring (bicyclic) bond motifs is 1. The molecule has 1 aliphatic rings. The number of aromatic amines is 1. The van der Waals surface area contributed by atoms with Gasteiger partial charge in [-0.1, -0.05) is 17.7 Å². The Labute approximate surface area is 127 Å². The Morgan fingerprint density at radius 3 is 2.59 bits per heavy atom. The van der Waals surface area contributed by atoms with Crippen molar-refractivity contribution in [2.24, 2.45) is 0 Å². The number of aryl methyl sites for hydroxylation is 1. The van der Waals surface area contributed by atoms with Crippen LogP contribution in [0.3, 0.4) is 0 Å². The van der Waals surface area contributed by atoms with E-state index in [0.29, 0.717) is 17.0 Å². The van der Waals surface area contributed by atoms with E-state index < -0.39 is 0 Å². The van der Waals surface area contributed by atoms with Gasteiger partial charge in [-0.2, -0.15) is 4.98 Å². The first-order valence-electron chi connectivity index (χ1n) is 7.52. The van der Waals surface area contributed by atoms with Gasteiger partial charge in [-0.05, 0) is 31.9 Å². The SMILES string of the molecule is Cc1ccc(-n2cc3c(=O)[nH]c(N4CCCC4)nc3n2)cc1. The smallest absolute Gasteiger partial charge is 0.263 e. The normalized spacial score (nSPS) is 14.9. The topological polar surface area (TPSA) is 66.8 Å². The van der Waals surface area contributed by atoms with Crippen LogP contribution in [0, 0.1) is 6.92 Å². The Morgan fingerprint density at radius 1 is 1.14 bits per heavy atom. The second kappa shape index (κ2) is 4.98. The lowest BCUT2D eigenvalue weighted by atomic mass is 10.2. The van der Waals surface area contributed by atoms with Crippen molar-refractivity contribution in [3.63, 3.8) is 0 Å². The fourth-order valence-electron chi connectivity index (χ4n) is 2.81. The van der Waals surface area contributed by atoms with Crippen LogP contribution in [0.5, 0.6) is 0 Å². The predicted octanol–water partition coefficient (Wildman–Crippen LogP) is 2.02. The maximum Gasteiger partial charge on any atom is 0.263 e. The van der Waals surface area contributed by atoms with Crippen LogP contribution in [0.4, 0.5) is 5.95 Å². The average Bonchev–Trinajstić information content (AvgIpc) is 3.17. The minimum Gasteiger partial charge on any atom is -0.342 e. The zero-order valence-corrected chi connectivity index (χ0v) is 12.4. The van der Waals surface area contributed by atoms with E-state index in [1.807, 2.05) is 31.2 Å². The van der Waals surface area contributed by atoms with E-state index in [2.05, 4.69) is 20.0 Å². The third kappa shape index (κ3) is 2.16. The molecule has 2 aromatic heterocycles. The van der Waals surface area contributed by atoms with Gasteiger partial charge in [0, 0.05) is 19.3 Å². The molecular formula is C16H17N5O. The fraction of sp³-hybridized carbons (Fsp3) is 0.312. The fourth-order valence-corrected chi connectivity index (χ4v) is 2.81. The molecule has 1 aliphatic heterocycles. The zero-order valence-electron chi connectivity index (χ0n) is 12.4. The van der Waals surface area contributed by atoms with Crippen LogP contribution < -0.4 is 10.5 Å². The van der Waals surface area contributed by atoms with Gasteiger partial charge in [0.2, 0.25) is 5.95 Å². The van der Waals surface area contributed by atoms with Gasteiger partial charge in [-0.3, -0.25) is 9.78 Å². The van der Waals surface area contributed by atoms with Crippen molar-refractivity contribution in [2.75, 3.05) is 18.0 Å². The number of anilines is 1. The quantitative estimate of drug-likeness (QED) is 0.785. The first-order valence-corrected chi connectivity index (χ1v) is 7.52. The van der Waals surface area contributed by atoms with E-state index in [-0.39, 0.29) is 5.56 Å². The maximum atomic E-state index is 12.3. The molecule has 0 amide bonds. The van der Waals surface area contributed by atoms with E-state index in [1.54, 1.807) is 10.9 Å². The third-order valence-corrected chi connectivity index (χ3v) is 4.08. The molecule has 4 rings (SSSR count). The molecular weight excluding hydrogens is 278 g/mol. The lowest BCUT2D eigenvalue weighted by Gasteiger charge is -2.14. The number of nitrogens with zero attached hydrogens (tertiary/aromatic N) is 4. The minimum absolute atomic E-state index is 0.134. The van der Waals surface area contributed by atoms with Gasteiger partial charge in [0.05, 0.1) is 5.69 Å². The molecule has 0 radical (unpaired) electrons. The molecule has 1 N–H and O–H groups in total. The van der Waals surface area contributed by atoms with E-state index in [9.17, 15) is 4.79 Å². The van der Waals surface area contributed by atoms with Crippen molar-refractivity contribution < 1.29 is 0 Å². The summed E-state index contributed by atoms with van der Waals surface area (Å²) in [5, 5.41) is 4.98. The van der Waals surface area contributed by atoms with Crippen LogP contribution in [0.15, 0.2) is 35.3 Å². The van der Waals surface area contributed by atoms with Crippen LogP contribution in [0.2, 0.25) is 0 Å². The molecule has 6 nitrogen and oxygen atoms in total. The van der Waals surface area contributed by atoms with Crippen LogP contribution in [-0.4, -0.2) is 32.8 Å². The van der Waals surface area contributed by atoms with Crippen LogP contribution >= 0.6 is 0 Å². The lowest BCUT2D eigenvalue weighted by Crippen LogP contribution is -2.23. The van der Waals surface area contributed by atoms with Gasteiger partial charge >= 0.3 is 0 Å². The molecule has 112 valence electrons. The average molecular weight is 295 g/mol. The number of benzene rings is 1. The van der Waals surface area contributed by atoms with E-state index in [1.165, 1.54) is 5.56 Å². The zero-order chi connectivity index (χ0) is 15.1. The molecule has 1 aromatic carbocycles. The molecule has 0 atom stereocenters. The van der Waals surface area contributed by atoms with Gasteiger partial charge in [-0.25, -0.2) is 4.68 Å². The minimum atomic E-state index is -0.134. The first-order chi connectivity index (χ1) is 10.7. The highest BCUT2D eigenvalue weighted by atomic mass is 16.1. The Bertz CT molecular complexity index is 872. The molecule has 0 aliphatic carbocycles. The van der Waals surface area contributed by atoms with Gasteiger partial charge in [0.1, 0.15) is 5.39 Å². The second-order valence-electron chi connectivity index (χ2n) is 5.73. The summed E-state index contributed by atoms with van der Waals surface area (Å²) in [7, 11) is 0. The molecule has 6 heteroatoms. The van der Waals surface area contributed by atoms with Crippen molar-refractivity contribution in [1.82, 2.24) is 19.7 Å². The summed E-state index contributed by atoms with van der Waals surface area (Å²) < 4.78 is 1.71. The van der Waals surface area contributed by atoms with Gasteiger partial charge in [-0.15, -0.1) is 5.10 Å². The molecule has 0 saturated carbocycles. The number of H-pyrrole nitrogens is 1. The lowest BCUT2D eigenvalue weighted by molar-refractivity contribution is 0.875. The van der Waals surface area contributed by atoms with Crippen LogP contribution in [0.1, 0.15) is 18.4 Å². The Kier molecular flexibility index (Phi) is 2.96. The number of aromatic nitrogens is 4. The molecule has 0 bridgehead atoms. The molecule has 0 unspecified atom stereocenters. The molecule has 3 aromatic rings. The summed E-state index contributed by atoms with van der Waals surface area (Å²) >= 11 is 0. The predicted molar refractivity (Wildman–Crippen MR) is 85.7 cm³/mol. The standard InChI is InChI=1S/C16H17N5O/c1-11-4-6-12(7-5-11)21-10-13-14(19-21)17-16(18-15(13)22)20-8-2-3-9-20/h4-7,10H,2-3,8-9H2,1H3,(H,17,18,19,22). The van der Waals surface area contributed by atoms with Crippen LogP contribution in [0.25, 0.3) is 16.7 Å². The highest BCUT2D eigenvalue weighted by Gasteiger charge is 2.17. The monoisotopic (exact) mass is 295 g/mol. The van der Waals surface area contributed by atoms with Crippen molar-refractivity contribution in [3.8, 4) is 5.69 Å². The highest BCUT2D eigenvalue weighted by molar-refractivity contribution is 5.74. The van der Waals surface area contributed by atoms with Gasteiger partial charge in [0.15, 0.2) is 5.65 Å².